The summed E-state index contributed by atoms with van der Waals surface area (Å²) in [5.41, 5.74) is 6.54. The fourth-order valence-corrected chi connectivity index (χ4v) is 11.0. The number of morpholine rings is 1. The molecule has 340 valence electrons. The molecule has 3 saturated heterocycles. The number of ether oxygens (including phenoxy) is 3. The van der Waals surface area contributed by atoms with Crippen LogP contribution in [0, 0.1) is 0 Å². The smallest absolute Gasteiger partial charge is 0.323 e. The third-order valence-corrected chi connectivity index (χ3v) is 14.4. The van der Waals surface area contributed by atoms with Crippen LogP contribution in [0.4, 0.5) is 5.69 Å². The maximum absolute atomic E-state index is 14.5. The zero-order valence-electron chi connectivity index (χ0n) is 36.7. The zero-order valence-corrected chi connectivity index (χ0v) is 36.7. The number of carboxylic acids is 1. The molecule has 2 atom stereocenters. The van der Waals surface area contributed by atoms with Crippen LogP contribution < -0.4 is 15.4 Å². The van der Waals surface area contributed by atoms with Gasteiger partial charge in [0.15, 0.2) is 12.4 Å². The van der Waals surface area contributed by atoms with Crippen molar-refractivity contribution in [2.45, 2.75) is 120 Å². The van der Waals surface area contributed by atoms with Crippen LogP contribution in [0.2, 0.25) is 0 Å². The number of phenolic OH excluding ortho intramolecular Hbond substituents is 1. The molecule has 4 aliphatic heterocycles. The number of fused-ring (bicyclic) bond motifs is 2. The van der Waals surface area contributed by atoms with Crippen LogP contribution in [0.1, 0.15) is 109 Å². The highest BCUT2D eigenvalue weighted by atomic mass is 16.5. The second-order valence-corrected chi connectivity index (χ2v) is 18.6. The van der Waals surface area contributed by atoms with Crippen molar-refractivity contribution in [1.82, 2.24) is 29.8 Å². The number of hydrogen-bond acceptors (Lipinski definition) is 11. The number of anilines is 1. The van der Waals surface area contributed by atoms with E-state index in [1.165, 1.54) is 36.0 Å². The van der Waals surface area contributed by atoms with Gasteiger partial charge >= 0.3 is 5.97 Å². The van der Waals surface area contributed by atoms with Crippen LogP contribution in [0.5, 0.6) is 11.5 Å². The molecule has 0 radical (unpaired) electrons. The lowest BCUT2D eigenvalue weighted by molar-refractivity contribution is -0.146. The molecule has 9 rings (SSSR count). The Morgan fingerprint density at radius 3 is 2.62 bits per heavy atom. The van der Waals surface area contributed by atoms with Gasteiger partial charge in [0.25, 0.3) is 11.8 Å². The van der Waals surface area contributed by atoms with Gasteiger partial charge in [-0.1, -0.05) is 49.6 Å². The van der Waals surface area contributed by atoms with E-state index in [9.17, 15) is 24.6 Å². The van der Waals surface area contributed by atoms with E-state index in [0.29, 0.717) is 89.2 Å². The van der Waals surface area contributed by atoms with Gasteiger partial charge in [0, 0.05) is 51.4 Å². The Labute approximate surface area is 370 Å². The highest BCUT2D eigenvalue weighted by molar-refractivity contribution is 5.97. The van der Waals surface area contributed by atoms with Crippen LogP contribution >= 0.6 is 0 Å². The standard InChI is InChI=1S/C48H65N7O8/c56-39-14-13-35(45-42(39)50-41(57)31-62-45)15-20-49-21-25-53-22-16-40(44(53)47(59)60)61-27-17-33-7-6-8-34(29-33)30-52-23-18-48(19-24-52)32-54(26-28-63-48)46(58)43-37-11-4-5-12-38(37)51-55(43)36-9-2-1-3-10-36/h6-8,13-14,29,36,40,44,49,56H,1-5,9-12,15-28,30-32H2,(H,50,57)(H,59,60)/t40?,44-/m0/s1. The summed E-state index contributed by atoms with van der Waals surface area (Å²) in [7, 11) is 0. The third kappa shape index (κ3) is 9.92. The summed E-state index contributed by atoms with van der Waals surface area (Å²) in [4.78, 5) is 45.2. The first-order valence-corrected chi connectivity index (χ1v) is 23.6. The molecular weight excluding hydrogens is 803 g/mol. The lowest BCUT2D eigenvalue weighted by Gasteiger charge is -2.47. The second kappa shape index (κ2) is 19.7. The molecule has 5 heterocycles. The maximum Gasteiger partial charge on any atom is 0.323 e. The fraction of sp³-hybridized carbons (Fsp3) is 0.625. The Hall–Kier alpha value is -4.54. The van der Waals surface area contributed by atoms with Crippen LogP contribution in [0.15, 0.2) is 36.4 Å². The Kier molecular flexibility index (Phi) is 13.7. The molecule has 2 aliphatic carbocycles. The lowest BCUT2D eigenvalue weighted by atomic mass is 9.88. The molecule has 1 aromatic heterocycles. The van der Waals surface area contributed by atoms with Gasteiger partial charge in [-0.15, -0.1) is 0 Å². The number of nitrogens with zero attached hydrogens (tertiary/aromatic N) is 5. The second-order valence-electron chi connectivity index (χ2n) is 18.6. The maximum atomic E-state index is 14.5. The van der Waals surface area contributed by atoms with Crippen molar-refractivity contribution in [1.29, 1.82) is 0 Å². The highest BCUT2D eigenvalue weighted by Gasteiger charge is 2.43. The summed E-state index contributed by atoms with van der Waals surface area (Å²) in [6.45, 7) is 7.34. The first kappa shape index (κ1) is 43.7. The van der Waals surface area contributed by atoms with Crippen LogP contribution in [0.3, 0.4) is 0 Å². The monoisotopic (exact) mass is 867 g/mol. The molecule has 2 amide bonds. The highest BCUT2D eigenvalue weighted by Crippen LogP contribution is 2.40. The number of carboxylic acid groups (broad SMARTS) is 1. The molecular formula is C48H65N7O8. The summed E-state index contributed by atoms with van der Waals surface area (Å²) < 4.78 is 20.6. The van der Waals surface area contributed by atoms with E-state index in [1.807, 2.05) is 4.90 Å². The first-order chi connectivity index (χ1) is 30.7. The summed E-state index contributed by atoms with van der Waals surface area (Å²) in [5.74, 6) is -0.538. The first-order valence-electron chi connectivity index (χ1n) is 23.6. The van der Waals surface area contributed by atoms with E-state index in [-0.39, 0.29) is 35.9 Å². The number of aliphatic carboxylic acids is 1. The van der Waals surface area contributed by atoms with Crippen molar-refractivity contribution < 1.29 is 38.8 Å². The van der Waals surface area contributed by atoms with Crippen LogP contribution in [0.25, 0.3) is 0 Å². The van der Waals surface area contributed by atoms with E-state index in [2.05, 4.69) is 49.4 Å². The van der Waals surface area contributed by atoms with Gasteiger partial charge in [-0.2, -0.15) is 5.10 Å². The van der Waals surface area contributed by atoms with E-state index >= 15 is 0 Å². The molecule has 6 aliphatic rings. The van der Waals surface area contributed by atoms with Crippen molar-refractivity contribution in [3.8, 4) is 11.5 Å². The number of hydrogen-bond donors (Lipinski definition) is 4. The van der Waals surface area contributed by atoms with E-state index in [4.69, 9.17) is 19.3 Å². The predicted octanol–water partition coefficient (Wildman–Crippen LogP) is 4.73. The zero-order chi connectivity index (χ0) is 43.3. The van der Waals surface area contributed by atoms with Crippen molar-refractivity contribution in [3.05, 3.63) is 70.0 Å². The topological polar surface area (TPSA) is 171 Å². The Morgan fingerprint density at radius 1 is 0.952 bits per heavy atom. The molecule has 1 spiro atoms. The van der Waals surface area contributed by atoms with Crippen LogP contribution in [-0.2, 0) is 51.3 Å². The molecule has 15 heteroatoms. The van der Waals surface area contributed by atoms with Crippen LogP contribution in [-0.4, -0.2) is 142 Å². The van der Waals surface area contributed by atoms with E-state index in [1.54, 1.807) is 12.1 Å². The normalized spacial score (nSPS) is 23.0. The molecule has 4 fully saturated rings. The number of benzene rings is 2. The number of amides is 2. The van der Waals surface area contributed by atoms with Crippen molar-refractivity contribution >= 4 is 23.5 Å². The van der Waals surface area contributed by atoms with Gasteiger partial charge in [0.05, 0.1) is 43.2 Å². The molecule has 4 N–H and O–H groups in total. The number of phenols is 1. The minimum Gasteiger partial charge on any atom is -0.506 e. The molecule has 1 saturated carbocycles. The lowest BCUT2D eigenvalue weighted by Crippen LogP contribution is -2.58. The number of aromatic hydroxyl groups is 1. The average molecular weight is 868 g/mol. The molecule has 1 unspecified atom stereocenters. The average Bonchev–Trinajstić information content (AvgIpc) is 3.90. The molecule has 63 heavy (non-hydrogen) atoms. The summed E-state index contributed by atoms with van der Waals surface area (Å²) in [6.07, 6.45) is 13.6. The predicted molar refractivity (Wildman–Crippen MR) is 236 cm³/mol. The molecule has 0 bridgehead atoms. The minimum atomic E-state index is -0.865. The van der Waals surface area contributed by atoms with Gasteiger partial charge in [-0.3, -0.25) is 28.9 Å². The number of likely N-dealkylation sites (tertiary alicyclic amines) is 2. The Morgan fingerprint density at radius 2 is 1.78 bits per heavy atom. The number of carbonyl (C=O) groups is 3. The third-order valence-electron chi connectivity index (χ3n) is 14.4. The number of carbonyl (C=O) groups excluding carboxylic acids is 2. The van der Waals surface area contributed by atoms with Crippen molar-refractivity contribution in [2.75, 3.05) is 77.5 Å². The van der Waals surface area contributed by atoms with Gasteiger partial charge < -0.3 is 40.0 Å². The van der Waals surface area contributed by atoms with Gasteiger partial charge in [-0.05, 0) is 99.9 Å². The molecule has 2 aromatic carbocycles. The van der Waals surface area contributed by atoms with E-state index in [0.717, 1.165) is 88.0 Å². The van der Waals surface area contributed by atoms with Gasteiger partial charge in [0.2, 0.25) is 0 Å². The number of aryl methyl sites for hydroxylation is 1. The molecule has 3 aromatic rings. The van der Waals surface area contributed by atoms with E-state index < -0.39 is 12.0 Å². The number of rotatable bonds is 15. The fourth-order valence-electron chi connectivity index (χ4n) is 11.0. The summed E-state index contributed by atoms with van der Waals surface area (Å²) in [6, 6.07) is 11.6. The number of aromatic nitrogens is 2. The Balaban J connectivity index is 0.719. The largest absolute Gasteiger partial charge is 0.506 e. The van der Waals surface area contributed by atoms with Gasteiger partial charge in [0.1, 0.15) is 23.2 Å². The summed E-state index contributed by atoms with van der Waals surface area (Å²) in [5, 5.41) is 31.5. The van der Waals surface area contributed by atoms with Crippen molar-refractivity contribution in [2.24, 2.45) is 0 Å². The quantitative estimate of drug-likeness (QED) is 0.123. The molecule has 15 nitrogen and oxygen atoms in total. The SMILES string of the molecule is O=C1COc2c(CCNCCN3CCC(OCCc4cccc(CN5CCC6(CC5)CN(C(=O)c5c7c(nn5C5CCCCC5)CCCC7)CCO6)c4)[C@H]3C(=O)O)ccc(O)c2N1. The number of nitrogens with one attached hydrogen (secondary N) is 2. The number of piperidine rings is 1. The Bertz CT molecular complexity index is 2110. The summed E-state index contributed by atoms with van der Waals surface area (Å²) >= 11 is 0. The van der Waals surface area contributed by atoms with Crippen molar-refractivity contribution in [3.63, 3.8) is 0 Å². The minimum absolute atomic E-state index is 0.0267. The van der Waals surface area contributed by atoms with Gasteiger partial charge in [-0.25, -0.2) is 0 Å².